The van der Waals surface area contributed by atoms with E-state index in [-0.39, 0.29) is 28.7 Å². The zero-order valence-corrected chi connectivity index (χ0v) is 11.3. The lowest BCUT2D eigenvalue weighted by Gasteiger charge is -2.12. The molecule has 18 heavy (non-hydrogen) atoms. The van der Waals surface area contributed by atoms with Crippen molar-refractivity contribution in [1.82, 2.24) is 5.32 Å². The van der Waals surface area contributed by atoms with Crippen molar-refractivity contribution >= 4 is 28.6 Å². The molecule has 4 N–H and O–H groups in total. The number of aliphatic imine (C=N–C) groups is 1. The van der Waals surface area contributed by atoms with Gasteiger partial charge in [0.25, 0.3) is 0 Å². The Balaban J connectivity index is 0.00000162. The maximum Gasteiger partial charge on any atom is 0.196 e. The standard InChI is InChI=1S/C11H14F2N4.BrH/c12-8-2-1-3-9(13)10(8)17-11-15-6-7(16-11)4-5-14;/h1-3,7H,4-6,14H2,(H2,15,16,17);1H/t7-;/m0./s1. The number of guanidine groups is 1. The summed E-state index contributed by atoms with van der Waals surface area (Å²) in [6, 6.07) is 3.84. The first-order chi connectivity index (χ1) is 8.20. The molecule has 2 rings (SSSR count). The largest absolute Gasteiger partial charge is 0.351 e. The Morgan fingerprint density at radius 3 is 2.67 bits per heavy atom. The van der Waals surface area contributed by atoms with Crippen molar-refractivity contribution in [2.75, 3.05) is 18.4 Å². The van der Waals surface area contributed by atoms with E-state index in [0.29, 0.717) is 19.0 Å². The van der Waals surface area contributed by atoms with Crippen LogP contribution in [0.4, 0.5) is 14.5 Å². The summed E-state index contributed by atoms with van der Waals surface area (Å²) < 4.78 is 26.7. The fraction of sp³-hybridized carbons (Fsp3) is 0.364. The topological polar surface area (TPSA) is 62.4 Å². The van der Waals surface area contributed by atoms with Crippen LogP contribution in [0.15, 0.2) is 23.2 Å². The van der Waals surface area contributed by atoms with Crippen LogP contribution in [0.25, 0.3) is 0 Å². The number of benzene rings is 1. The van der Waals surface area contributed by atoms with Crippen LogP contribution in [0.3, 0.4) is 0 Å². The normalized spacial score (nSPS) is 17.7. The molecule has 0 bridgehead atoms. The van der Waals surface area contributed by atoms with Gasteiger partial charge in [0.1, 0.15) is 17.3 Å². The number of halogens is 3. The van der Waals surface area contributed by atoms with Crippen molar-refractivity contribution in [1.29, 1.82) is 0 Å². The van der Waals surface area contributed by atoms with Gasteiger partial charge in [-0.15, -0.1) is 17.0 Å². The monoisotopic (exact) mass is 320 g/mol. The number of nitrogens with one attached hydrogen (secondary N) is 2. The lowest BCUT2D eigenvalue weighted by atomic mass is 10.2. The molecule has 0 radical (unpaired) electrons. The molecule has 1 heterocycles. The van der Waals surface area contributed by atoms with E-state index in [2.05, 4.69) is 15.6 Å². The number of anilines is 1. The summed E-state index contributed by atoms with van der Waals surface area (Å²) in [5.74, 6) is -0.902. The lowest BCUT2D eigenvalue weighted by molar-refractivity contribution is 0.589. The van der Waals surface area contributed by atoms with E-state index in [4.69, 9.17) is 5.73 Å². The summed E-state index contributed by atoms with van der Waals surface area (Å²) in [6.07, 6.45) is 0.772. The fourth-order valence-electron chi connectivity index (χ4n) is 1.66. The minimum absolute atomic E-state index is 0. The van der Waals surface area contributed by atoms with Gasteiger partial charge >= 0.3 is 0 Å². The van der Waals surface area contributed by atoms with Gasteiger partial charge in [-0.2, -0.15) is 0 Å². The molecule has 1 aliphatic heterocycles. The maximum atomic E-state index is 13.3. The molecule has 1 atom stereocenters. The first-order valence-corrected chi connectivity index (χ1v) is 5.43. The molecule has 1 aromatic rings. The summed E-state index contributed by atoms with van der Waals surface area (Å²) in [5, 5.41) is 5.63. The van der Waals surface area contributed by atoms with Crippen LogP contribution in [0.1, 0.15) is 6.42 Å². The molecule has 1 aliphatic rings. The third-order valence-corrected chi connectivity index (χ3v) is 2.53. The highest BCUT2D eigenvalue weighted by molar-refractivity contribution is 8.93. The first-order valence-electron chi connectivity index (χ1n) is 5.43. The third kappa shape index (κ3) is 3.39. The molecular weight excluding hydrogens is 306 g/mol. The average Bonchev–Trinajstić information content (AvgIpc) is 2.72. The molecule has 0 saturated heterocycles. The van der Waals surface area contributed by atoms with Crippen LogP contribution in [-0.2, 0) is 0 Å². The van der Waals surface area contributed by atoms with E-state index in [1.54, 1.807) is 0 Å². The van der Waals surface area contributed by atoms with Crippen molar-refractivity contribution in [2.45, 2.75) is 12.5 Å². The second-order valence-electron chi connectivity index (χ2n) is 3.83. The predicted octanol–water partition coefficient (Wildman–Crippen LogP) is 1.63. The Kier molecular flexibility index (Phi) is 5.49. The van der Waals surface area contributed by atoms with Crippen LogP contribution in [-0.4, -0.2) is 25.1 Å². The quantitative estimate of drug-likeness (QED) is 0.793. The van der Waals surface area contributed by atoms with Crippen molar-refractivity contribution in [3.05, 3.63) is 29.8 Å². The number of rotatable bonds is 3. The lowest BCUT2D eigenvalue weighted by Crippen LogP contribution is -2.36. The third-order valence-electron chi connectivity index (χ3n) is 2.53. The SMILES string of the molecule is Br.NCC[C@H]1CN=C(Nc2c(F)cccc2F)N1. The van der Waals surface area contributed by atoms with E-state index in [9.17, 15) is 8.78 Å². The molecule has 0 aromatic heterocycles. The van der Waals surface area contributed by atoms with Crippen LogP contribution < -0.4 is 16.4 Å². The van der Waals surface area contributed by atoms with Gasteiger partial charge in [-0.1, -0.05) is 6.07 Å². The number of hydrogen-bond donors (Lipinski definition) is 3. The summed E-state index contributed by atoms with van der Waals surface area (Å²) in [6.45, 7) is 1.12. The Morgan fingerprint density at radius 1 is 1.39 bits per heavy atom. The highest BCUT2D eigenvalue weighted by Gasteiger charge is 2.18. The molecule has 1 aromatic carbocycles. The Bertz CT molecular complexity index is 419. The molecule has 0 spiro atoms. The van der Waals surface area contributed by atoms with Crippen molar-refractivity contribution in [3.8, 4) is 0 Å². The van der Waals surface area contributed by atoms with Gasteiger partial charge < -0.3 is 16.4 Å². The van der Waals surface area contributed by atoms with Gasteiger partial charge in [0.15, 0.2) is 5.96 Å². The summed E-state index contributed by atoms with van der Waals surface area (Å²) in [5.41, 5.74) is 5.24. The number of para-hydroxylation sites is 1. The van der Waals surface area contributed by atoms with Gasteiger partial charge in [-0.25, -0.2) is 8.78 Å². The average molecular weight is 321 g/mol. The van der Waals surface area contributed by atoms with Crippen molar-refractivity contribution in [2.24, 2.45) is 10.7 Å². The highest BCUT2D eigenvalue weighted by Crippen LogP contribution is 2.18. The summed E-state index contributed by atoms with van der Waals surface area (Å²) in [7, 11) is 0. The maximum absolute atomic E-state index is 13.3. The molecule has 0 fully saturated rings. The summed E-state index contributed by atoms with van der Waals surface area (Å²) >= 11 is 0. The second-order valence-corrected chi connectivity index (χ2v) is 3.83. The molecule has 0 aliphatic carbocycles. The van der Waals surface area contributed by atoms with Crippen LogP contribution in [0.5, 0.6) is 0 Å². The minimum atomic E-state index is -0.642. The predicted molar refractivity (Wildman–Crippen MR) is 73.2 cm³/mol. The van der Waals surface area contributed by atoms with Crippen molar-refractivity contribution < 1.29 is 8.78 Å². The Labute approximate surface area is 114 Å². The van der Waals surface area contributed by atoms with Gasteiger partial charge in [0, 0.05) is 6.04 Å². The molecule has 100 valence electrons. The summed E-state index contributed by atoms with van der Waals surface area (Å²) in [4.78, 5) is 4.12. The van der Waals surface area contributed by atoms with E-state index in [0.717, 1.165) is 6.42 Å². The second kappa shape index (κ2) is 6.65. The molecule has 4 nitrogen and oxygen atoms in total. The van der Waals surface area contributed by atoms with Crippen LogP contribution in [0, 0.1) is 11.6 Å². The molecular formula is C11H15BrF2N4. The zero-order chi connectivity index (χ0) is 12.3. The fourth-order valence-corrected chi connectivity index (χ4v) is 1.66. The Hall–Kier alpha value is -1.21. The highest BCUT2D eigenvalue weighted by atomic mass is 79.9. The van der Waals surface area contributed by atoms with Gasteiger partial charge in [0.2, 0.25) is 0 Å². The van der Waals surface area contributed by atoms with E-state index in [1.807, 2.05) is 0 Å². The zero-order valence-electron chi connectivity index (χ0n) is 9.62. The van der Waals surface area contributed by atoms with Crippen LogP contribution in [0.2, 0.25) is 0 Å². The molecule has 0 amide bonds. The number of nitrogens with zero attached hydrogens (tertiary/aromatic N) is 1. The minimum Gasteiger partial charge on any atom is -0.351 e. The number of hydrogen-bond acceptors (Lipinski definition) is 4. The van der Waals surface area contributed by atoms with Gasteiger partial charge in [-0.05, 0) is 25.1 Å². The van der Waals surface area contributed by atoms with Crippen molar-refractivity contribution in [3.63, 3.8) is 0 Å². The van der Waals surface area contributed by atoms with E-state index < -0.39 is 11.6 Å². The van der Waals surface area contributed by atoms with Gasteiger partial charge in [-0.3, -0.25) is 4.99 Å². The van der Waals surface area contributed by atoms with E-state index in [1.165, 1.54) is 18.2 Å². The van der Waals surface area contributed by atoms with E-state index >= 15 is 0 Å². The molecule has 0 unspecified atom stereocenters. The Morgan fingerprint density at radius 2 is 2.06 bits per heavy atom. The molecule has 0 saturated carbocycles. The smallest absolute Gasteiger partial charge is 0.196 e. The molecule has 7 heteroatoms. The number of nitrogens with two attached hydrogens (primary N) is 1. The van der Waals surface area contributed by atoms with Gasteiger partial charge in [0.05, 0.1) is 6.54 Å². The van der Waals surface area contributed by atoms with Crippen LogP contribution >= 0.6 is 17.0 Å². The first kappa shape index (κ1) is 14.8.